The minimum atomic E-state index is -0.0291. The summed E-state index contributed by atoms with van der Waals surface area (Å²) in [4.78, 5) is 0. The first kappa shape index (κ1) is 8.66. The van der Waals surface area contributed by atoms with Gasteiger partial charge in [-0.3, -0.25) is 0 Å². The van der Waals surface area contributed by atoms with Crippen LogP contribution in [0.25, 0.3) is 0 Å². The maximum atomic E-state index is 9.03. The molecule has 0 aliphatic carbocycles. The van der Waals surface area contributed by atoms with Crippen molar-refractivity contribution in [2.45, 2.75) is 12.5 Å². The molecular weight excluding hydrogens is 192 g/mol. The van der Waals surface area contributed by atoms with Crippen LogP contribution in [0.4, 0.5) is 0 Å². The van der Waals surface area contributed by atoms with E-state index in [1.54, 1.807) is 12.1 Å². The predicted molar refractivity (Wildman–Crippen MR) is 48.0 cm³/mol. The summed E-state index contributed by atoms with van der Waals surface area (Å²) in [6, 6.07) is 3.57. The highest BCUT2D eigenvalue weighted by Crippen LogP contribution is 2.35. The number of hydrogen-bond donors (Lipinski definition) is 1. The molecule has 0 spiro atoms. The Morgan fingerprint density at radius 2 is 1.85 bits per heavy atom. The van der Waals surface area contributed by atoms with Gasteiger partial charge in [0.15, 0.2) is 11.5 Å². The zero-order chi connectivity index (χ0) is 9.26. The predicted octanol–water partition coefficient (Wildman–Crippen LogP) is 1.65. The van der Waals surface area contributed by atoms with Gasteiger partial charge in [-0.2, -0.15) is 0 Å². The Kier molecular flexibility index (Phi) is 2.29. The highest BCUT2D eigenvalue weighted by atomic mass is 35.5. The van der Waals surface area contributed by atoms with Gasteiger partial charge in [0.05, 0.1) is 6.61 Å². The Labute approximate surface area is 80.8 Å². The fraction of sp³-hybridized carbons (Fsp3) is 0.333. The first-order chi connectivity index (χ1) is 6.35. The molecule has 0 bridgehead atoms. The van der Waals surface area contributed by atoms with Crippen molar-refractivity contribution in [2.24, 2.45) is 0 Å². The molecule has 0 amide bonds. The average molecular weight is 201 g/mol. The van der Waals surface area contributed by atoms with Gasteiger partial charge < -0.3 is 14.6 Å². The van der Waals surface area contributed by atoms with Gasteiger partial charge in [-0.1, -0.05) is 0 Å². The molecule has 0 unspecified atom stereocenters. The van der Waals surface area contributed by atoms with Crippen molar-refractivity contribution in [2.75, 3.05) is 6.79 Å². The molecule has 2 rings (SSSR count). The van der Waals surface area contributed by atoms with E-state index in [1.807, 2.05) is 0 Å². The molecule has 4 heteroatoms. The summed E-state index contributed by atoms with van der Waals surface area (Å²) in [5.41, 5.74) is 1.67. The topological polar surface area (TPSA) is 38.7 Å². The lowest BCUT2D eigenvalue weighted by Gasteiger charge is -2.05. The van der Waals surface area contributed by atoms with Gasteiger partial charge in [0.2, 0.25) is 6.79 Å². The molecule has 0 saturated heterocycles. The van der Waals surface area contributed by atoms with Gasteiger partial charge in [-0.25, -0.2) is 0 Å². The number of ether oxygens (including phenoxy) is 2. The van der Waals surface area contributed by atoms with E-state index in [1.165, 1.54) is 0 Å². The van der Waals surface area contributed by atoms with Crippen LogP contribution < -0.4 is 9.47 Å². The Morgan fingerprint density at radius 1 is 1.23 bits per heavy atom. The highest BCUT2D eigenvalue weighted by Gasteiger charge is 2.16. The van der Waals surface area contributed by atoms with E-state index >= 15 is 0 Å². The molecular formula is C9H9ClO3. The molecule has 0 atom stereocenters. The number of fused-ring (bicyclic) bond motifs is 1. The molecule has 1 aromatic carbocycles. The van der Waals surface area contributed by atoms with E-state index in [0.717, 1.165) is 11.1 Å². The number of benzene rings is 1. The van der Waals surface area contributed by atoms with Gasteiger partial charge in [0.25, 0.3) is 0 Å². The number of alkyl halides is 1. The number of aliphatic hydroxyl groups excluding tert-OH is 1. The van der Waals surface area contributed by atoms with Crippen LogP contribution in [0.3, 0.4) is 0 Å². The van der Waals surface area contributed by atoms with Crippen molar-refractivity contribution in [3.05, 3.63) is 23.3 Å². The molecule has 1 aliphatic heterocycles. The van der Waals surface area contributed by atoms with E-state index in [0.29, 0.717) is 17.4 Å². The quantitative estimate of drug-likeness (QED) is 0.738. The van der Waals surface area contributed by atoms with E-state index in [-0.39, 0.29) is 13.4 Å². The van der Waals surface area contributed by atoms with Crippen molar-refractivity contribution in [1.29, 1.82) is 0 Å². The normalized spacial score (nSPS) is 13.4. The van der Waals surface area contributed by atoms with Crippen molar-refractivity contribution in [1.82, 2.24) is 0 Å². The summed E-state index contributed by atoms with van der Waals surface area (Å²) in [6.07, 6.45) is 0. The monoisotopic (exact) mass is 200 g/mol. The van der Waals surface area contributed by atoms with Crippen LogP contribution in [0.2, 0.25) is 0 Å². The lowest BCUT2D eigenvalue weighted by Crippen LogP contribution is -1.92. The number of hydrogen-bond acceptors (Lipinski definition) is 3. The summed E-state index contributed by atoms with van der Waals surface area (Å²) < 4.78 is 10.3. The first-order valence-electron chi connectivity index (χ1n) is 3.93. The molecule has 13 heavy (non-hydrogen) atoms. The maximum Gasteiger partial charge on any atom is 0.231 e. The molecule has 1 aliphatic rings. The second-order valence-corrected chi connectivity index (χ2v) is 3.03. The number of halogens is 1. The van der Waals surface area contributed by atoms with E-state index in [2.05, 4.69) is 0 Å². The van der Waals surface area contributed by atoms with Gasteiger partial charge in [-0.15, -0.1) is 11.6 Å². The third-order valence-electron chi connectivity index (χ3n) is 2.01. The minimum absolute atomic E-state index is 0.0291. The number of aliphatic hydroxyl groups is 1. The second-order valence-electron chi connectivity index (χ2n) is 2.77. The molecule has 1 heterocycles. The zero-order valence-corrected chi connectivity index (χ0v) is 7.67. The Bertz CT molecular complexity index is 294. The fourth-order valence-corrected chi connectivity index (χ4v) is 1.55. The van der Waals surface area contributed by atoms with E-state index in [4.69, 9.17) is 26.2 Å². The number of rotatable bonds is 2. The summed E-state index contributed by atoms with van der Waals surface area (Å²) in [7, 11) is 0. The van der Waals surface area contributed by atoms with Crippen LogP contribution in [-0.4, -0.2) is 11.9 Å². The third kappa shape index (κ3) is 1.45. The molecule has 70 valence electrons. The van der Waals surface area contributed by atoms with Crippen LogP contribution in [0, 0.1) is 0 Å². The summed E-state index contributed by atoms with van der Waals surface area (Å²) in [5, 5.41) is 9.03. The summed E-state index contributed by atoms with van der Waals surface area (Å²) in [6.45, 7) is 0.213. The minimum Gasteiger partial charge on any atom is -0.454 e. The first-order valence-corrected chi connectivity index (χ1v) is 4.47. The Balaban J connectivity index is 2.47. The SMILES string of the molecule is OCc1cc2c(cc1CCl)OCO2. The van der Waals surface area contributed by atoms with Crippen molar-refractivity contribution >= 4 is 11.6 Å². The van der Waals surface area contributed by atoms with Crippen LogP contribution in [0.15, 0.2) is 12.1 Å². The lowest BCUT2D eigenvalue weighted by molar-refractivity contribution is 0.174. The van der Waals surface area contributed by atoms with Gasteiger partial charge >= 0.3 is 0 Å². The second kappa shape index (κ2) is 3.44. The molecule has 0 saturated carbocycles. The largest absolute Gasteiger partial charge is 0.454 e. The fourth-order valence-electron chi connectivity index (χ4n) is 1.30. The van der Waals surface area contributed by atoms with Crippen molar-refractivity contribution < 1.29 is 14.6 Å². The van der Waals surface area contributed by atoms with Crippen LogP contribution in [-0.2, 0) is 12.5 Å². The summed E-state index contributed by atoms with van der Waals surface area (Å²) in [5.74, 6) is 1.75. The van der Waals surface area contributed by atoms with Gasteiger partial charge in [-0.05, 0) is 23.3 Å². The van der Waals surface area contributed by atoms with Crippen molar-refractivity contribution in [3.63, 3.8) is 0 Å². The van der Waals surface area contributed by atoms with Crippen LogP contribution in [0.5, 0.6) is 11.5 Å². The van der Waals surface area contributed by atoms with E-state index in [9.17, 15) is 0 Å². The highest BCUT2D eigenvalue weighted by molar-refractivity contribution is 6.17. The van der Waals surface area contributed by atoms with Crippen LogP contribution in [0.1, 0.15) is 11.1 Å². The van der Waals surface area contributed by atoms with Gasteiger partial charge in [0, 0.05) is 5.88 Å². The lowest BCUT2D eigenvalue weighted by atomic mass is 10.1. The summed E-state index contributed by atoms with van der Waals surface area (Å²) >= 11 is 5.71. The molecule has 1 aromatic rings. The van der Waals surface area contributed by atoms with Crippen LogP contribution >= 0.6 is 11.6 Å². The Morgan fingerprint density at radius 3 is 2.38 bits per heavy atom. The Hall–Kier alpha value is -0.930. The smallest absolute Gasteiger partial charge is 0.231 e. The molecule has 0 radical (unpaired) electrons. The molecule has 1 N–H and O–H groups in total. The third-order valence-corrected chi connectivity index (χ3v) is 2.30. The van der Waals surface area contributed by atoms with Crippen molar-refractivity contribution in [3.8, 4) is 11.5 Å². The molecule has 3 nitrogen and oxygen atoms in total. The zero-order valence-electron chi connectivity index (χ0n) is 6.92. The standard InChI is InChI=1S/C9H9ClO3/c10-3-6-1-8-9(13-5-12-8)2-7(6)4-11/h1-2,11H,3-5H2. The molecule has 0 fully saturated rings. The average Bonchev–Trinajstić information content (AvgIpc) is 2.62. The van der Waals surface area contributed by atoms with Gasteiger partial charge in [0.1, 0.15) is 0 Å². The van der Waals surface area contributed by atoms with E-state index < -0.39 is 0 Å². The molecule has 0 aromatic heterocycles. The maximum absolute atomic E-state index is 9.03.